The Labute approximate surface area is 211 Å². The second-order valence-electron chi connectivity index (χ2n) is 10.1. The minimum absolute atomic E-state index is 0.0122. The number of nitrogens with zero attached hydrogens (tertiary/aromatic N) is 3. The number of amides is 2. The predicted molar refractivity (Wildman–Crippen MR) is 131 cm³/mol. The van der Waals surface area contributed by atoms with Gasteiger partial charge in [0.05, 0.1) is 17.0 Å². The van der Waals surface area contributed by atoms with Crippen LogP contribution in [0.3, 0.4) is 0 Å². The summed E-state index contributed by atoms with van der Waals surface area (Å²) in [5.41, 5.74) is 0.746. The van der Waals surface area contributed by atoms with Crippen LogP contribution in [0.5, 0.6) is 0 Å². The lowest BCUT2D eigenvalue weighted by Gasteiger charge is -2.38. The molecular formula is C24H33ClN4O5S. The first-order chi connectivity index (χ1) is 16.7. The van der Waals surface area contributed by atoms with Gasteiger partial charge < -0.3 is 15.0 Å². The van der Waals surface area contributed by atoms with E-state index in [1.54, 1.807) is 23.1 Å². The number of likely N-dealkylation sites (tertiary alicyclic amines) is 2. The van der Waals surface area contributed by atoms with Crippen LogP contribution in [-0.4, -0.2) is 85.4 Å². The lowest BCUT2D eigenvalue weighted by molar-refractivity contribution is -0.119. The number of piperidine rings is 2. The molecule has 1 N–H and O–H groups in total. The Balaban J connectivity index is 1.19. The van der Waals surface area contributed by atoms with Gasteiger partial charge in [-0.3, -0.25) is 9.69 Å². The molecule has 0 bridgehead atoms. The van der Waals surface area contributed by atoms with Gasteiger partial charge in [0.15, 0.2) is 0 Å². The number of sulfonamides is 1. The van der Waals surface area contributed by atoms with Crippen LogP contribution in [0, 0.1) is 0 Å². The van der Waals surface area contributed by atoms with Gasteiger partial charge in [-0.15, -0.1) is 0 Å². The van der Waals surface area contributed by atoms with Crippen LogP contribution in [0.2, 0.25) is 5.02 Å². The number of rotatable bonds is 4. The van der Waals surface area contributed by atoms with Crippen LogP contribution >= 0.6 is 11.6 Å². The van der Waals surface area contributed by atoms with Crippen molar-refractivity contribution in [2.45, 2.75) is 74.5 Å². The fraction of sp³-hybridized carbons (Fsp3) is 0.667. The molecular weight excluding hydrogens is 492 g/mol. The normalized spacial score (nSPS) is 30.5. The lowest BCUT2D eigenvalue weighted by atomic mass is 9.94. The zero-order valence-electron chi connectivity index (χ0n) is 20.0. The summed E-state index contributed by atoms with van der Waals surface area (Å²) in [6.45, 7) is 4.51. The highest BCUT2D eigenvalue weighted by molar-refractivity contribution is 7.89. The molecule has 0 saturated carbocycles. The quantitative estimate of drug-likeness (QED) is 0.650. The third-order valence-electron chi connectivity index (χ3n) is 7.77. The molecule has 5 rings (SSSR count). The van der Waals surface area contributed by atoms with Crippen LogP contribution in [-0.2, 0) is 19.6 Å². The molecule has 9 nitrogen and oxygen atoms in total. The topological polar surface area (TPSA) is 99.3 Å². The Kier molecular flexibility index (Phi) is 7.00. The first-order valence-electron chi connectivity index (χ1n) is 12.5. The number of halogens is 1. The summed E-state index contributed by atoms with van der Waals surface area (Å²) >= 11 is 6.15. The molecule has 4 aliphatic heterocycles. The summed E-state index contributed by atoms with van der Waals surface area (Å²) in [6.07, 6.45) is 4.69. The predicted octanol–water partition coefficient (Wildman–Crippen LogP) is 2.75. The van der Waals surface area contributed by atoms with Gasteiger partial charge in [0.1, 0.15) is 6.61 Å². The molecule has 3 saturated heterocycles. The highest BCUT2D eigenvalue weighted by Crippen LogP contribution is 2.47. The number of fused-ring (bicyclic) bond motifs is 3. The van der Waals surface area contributed by atoms with E-state index in [2.05, 4.69) is 10.2 Å². The molecule has 2 amide bonds. The molecule has 4 aliphatic rings. The van der Waals surface area contributed by atoms with Crippen molar-refractivity contribution in [1.29, 1.82) is 0 Å². The van der Waals surface area contributed by atoms with Crippen molar-refractivity contribution < 1.29 is 22.7 Å². The third-order valence-corrected chi connectivity index (χ3v) is 10.0. The largest absolute Gasteiger partial charge is 0.448 e. The molecule has 0 radical (unpaired) electrons. The molecule has 3 fully saturated rings. The second-order valence-corrected chi connectivity index (χ2v) is 12.4. The summed E-state index contributed by atoms with van der Waals surface area (Å²) in [7, 11) is -3.65. The molecule has 2 unspecified atom stereocenters. The lowest BCUT2D eigenvalue weighted by Crippen LogP contribution is -2.51. The maximum Gasteiger partial charge on any atom is 0.409 e. The molecule has 192 valence electrons. The standard InChI is InChI=1S/C24H33ClN4O5S/c1-16(30)26-18-9-11-27(13-18)19-5-3-10-28(14-19)24(31)34-15-20-4-2-6-22-21-12-17(25)7-8-23(21)35(32,33)29(20)22/h7-8,12,18-20,22H,2-6,9-11,13-15H2,1H3,(H,26,30)/t18?,19?,20-,22+/m1/s1. The van der Waals surface area contributed by atoms with Crippen molar-refractivity contribution in [2.75, 3.05) is 32.8 Å². The van der Waals surface area contributed by atoms with E-state index in [0.717, 1.165) is 50.8 Å². The molecule has 0 aromatic heterocycles. The van der Waals surface area contributed by atoms with E-state index >= 15 is 0 Å². The van der Waals surface area contributed by atoms with E-state index in [1.807, 2.05) is 0 Å². The van der Waals surface area contributed by atoms with Gasteiger partial charge in [-0.05, 0) is 62.3 Å². The van der Waals surface area contributed by atoms with Gasteiger partial charge in [-0.1, -0.05) is 11.6 Å². The third kappa shape index (κ3) is 4.90. The first kappa shape index (κ1) is 24.8. The SMILES string of the molecule is CC(=O)NC1CCN(C2CCCN(C(=O)OC[C@H]3CCC[C@H]4c5cc(Cl)ccc5S(=O)(=O)N34)C2)C1. The van der Waals surface area contributed by atoms with E-state index in [-0.39, 0.29) is 42.8 Å². The van der Waals surface area contributed by atoms with E-state index in [9.17, 15) is 18.0 Å². The molecule has 0 spiro atoms. The minimum Gasteiger partial charge on any atom is -0.448 e. The summed E-state index contributed by atoms with van der Waals surface area (Å²) in [5, 5.41) is 3.51. The smallest absolute Gasteiger partial charge is 0.409 e. The van der Waals surface area contributed by atoms with E-state index in [4.69, 9.17) is 16.3 Å². The Morgan fingerprint density at radius 1 is 1.11 bits per heavy atom. The number of hydrogen-bond donors (Lipinski definition) is 1. The molecule has 0 aliphatic carbocycles. The van der Waals surface area contributed by atoms with Crippen molar-refractivity contribution in [3.05, 3.63) is 28.8 Å². The van der Waals surface area contributed by atoms with Crippen molar-refractivity contribution in [3.63, 3.8) is 0 Å². The first-order valence-corrected chi connectivity index (χ1v) is 14.3. The molecule has 4 atom stereocenters. The van der Waals surface area contributed by atoms with Gasteiger partial charge in [-0.2, -0.15) is 4.31 Å². The molecule has 1 aromatic rings. The van der Waals surface area contributed by atoms with Crippen molar-refractivity contribution in [2.24, 2.45) is 0 Å². The fourth-order valence-electron chi connectivity index (χ4n) is 6.20. The van der Waals surface area contributed by atoms with Gasteiger partial charge in [0.2, 0.25) is 15.9 Å². The van der Waals surface area contributed by atoms with Gasteiger partial charge in [0.25, 0.3) is 0 Å². The number of ether oxygens (including phenoxy) is 1. The van der Waals surface area contributed by atoms with Gasteiger partial charge in [-0.25, -0.2) is 13.2 Å². The number of hydrogen-bond acceptors (Lipinski definition) is 6. The zero-order valence-corrected chi connectivity index (χ0v) is 21.6. The minimum atomic E-state index is -3.65. The van der Waals surface area contributed by atoms with E-state index in [0.29, 0.717) is 29.4 Å². The average molecular weight is 525 g/mol. The summed E-state index contributed by atoms with van der Waals surface area (Å²) in [4.78, 5) is 28.7. The molecule has 35 heavy (non-hydrogen) atoms. The average Bonchev–Trinajstić information content (AvgIpc) is 3.38. The number of nitrogens with one attached hydrogen (secondary N) is 1. The van der Waals surface area contributed by atoms with Crippen molar-refractivity contribution in [3.8, 4) is 0 Å². The summed E-state index contributed by atoms with van der Waals surface area (Å²) in [5.74, 6) is -0.0122. The van der Waals surface area contributed by atoms with Crippen LogP contribution in [0.4, 0.5) is 4.79 Å². The maximum absolute atomic E-state index is 13.3. The number of carbonyl (C=O) groups is 2. The number of benzene rings is 1. The molecule has 11 heteroatoms. The Bertz CT molecular complexity index is 1100. The monoisotopic (exact) mass is 524 g/mol. The Morgan fingerprint density at radius 2 is 1.94 bits per heavy atom. The van der Waals surface area contributed by atoms with Crippen LogP contribution in [0.1, 0.15) is 57.1 Å². The van der Waals surface area contributed by atoms with Crippen molar-refractivity contribution >= 4 is 33.6 Å². The summed E-state index contributed by atoms with van der Waals surface area (Å²) < 4.78 is 33.8. The van der Waals surface area contributed by atoms with Crippen molar-refractivity contribution in [1.82, 2.24) is 19.4 Å². The maximum atomic E-state index is 13.3. The molecule has 1 aromatic carbocycles. The van der Waals surface area contributed by atoms with Crippen LogP contribution in [0.15, 0.2) is 23.1 Å². The van der Waals surface area contributed by atoms with Gasteiger partial charge >= 0.3 is 6.09 Å². The molecule has 4 heterocycles. The fourth-order valence-corrected chi connectivity index (χ4v) is 8.45. The highest BCUT2D eigenvalue weighted by Gasteiger charge is 2.48. The zero-order chi connectivity index (χ0) is 24.7. The Morgan fingerprint density at radius 3 is 2.74 bits per heavy atom. The van der Waals surface area contributed by atoms with Crippen LogP contribution in [0.25, 0.3) is 0 Å². The Hall–Kier alpha value is -1.88. The number of carbonyl (C=O) groups excluding carboxylic acids is 2. The van der Waals surface area contributed by atoms with Gasteiger partial charge in [0, 0.05) is 50.2 Å². The second kappa shape index (κ2) is 9.88. The van der Waals surface area contributed by atoms with Crippen LogP contribution < -0.4 is 5.32 Å². The van der Waals surface area contributed by atoms with E-state index < -0.39 is 10.0 Å². The summed E-state index contributed by atoms with van der Waals surface area (Å²) in [6, 6.07) is 4.70. The van der Waals surface area contributed by atoms with E-state index in [1.165, 1.54) is 11.2 Å². The highest BCUT2D eigenvalue weighted by atomic mass is 35.5.